The van der Waals surface area contributed by atoms with E-state index in [2.05, 4.69) is 55.9 Å². The van der Waals surface area contributed by atoms with E-state index in [1.165, 1.54) is 11.1 Å². The molecule has 1 heterocycles. The maximum Gasteiger partial charge on any atom is 0.113 e. The van der Waals surface area contributed by atoms with Crippen molar-refractivity contribution >= 4 is 11.0 Å². The lowest BCUT2D eigenvalue weighted by molar-refractivity contribution is 0.593. The van der Waals surface area contributed by atoms with Crippen LogP contribution in [0.15, 0.2) is 18.2 Å². The second-order valence-corrected chi connectivity index (χ2v) is 4.68. The smallest absolute Gasteiger partial charge is 0.113 e. The predicted molar refractivity (Wildman–Crippen MR) is 72.4 cm³/mol. The molecule has 0 aliphatic carbocycles. The summed E-state index contributed by atoms with van der Waals surface area (Å²) < 4.78 is 2.23. The number of aromatic nitrogens is 2. The minimum Gasteiger partial charge on any atom is -0.331 e. The largest absolute Gasteiger partial charge is 0.331 e. The molecule has 3 heteroatoms. The van der Waals surface area contributed by atoms with E-state index in [1.54, 1.807) is 0 Å². The number of imidazole rings is 1. The number of likely N-dealkylation sites (N-methyl/N-ethyl adjacent to an activating group) is 1. The normalized spacial score (nSPS) is 13.2. The van der Waals surface area contributed by atoms with Crippen molar-refractivity contribution in [1.29, 1.82) is 0 Å². The summed E-state index contributed by atoms with van der Waals surface area (Å²) in [6.07, 6.45) is 0. The summed E-state index contributed by atoms with van der Waals surface area (Å²) in [7, 11) is 2.11. The Balaban J connectivity index is 2.42. The van der Waals surface area contributed by atoms with Crippen LogP contribution in [0, 0.1) is 6.92 Å². The van der Waals surface area contributed by atoms with Crippen LogP contribution in [0.4, 0.5) is 0 Å². The van der Waals surface area contributed by atoms with Gasteiger partial charge in [0.15, 0.2) is 0 Å². The number of nitrogens with zero attached hydrogens (tertiary/aromatic N) is 2. The molecule has 1 unspecified atom stereocenters. The van der Waals surface area contributed by atoms with Crippen LogP contribution in [-0.4, -0.2) is 22.6 Å². The third kappa shape index (κ3) is 2.20. The molecule has 92 valence electrons. The molecule has 0 saturated heterocycles. The zero-order chi connectivity index (χ0) is 12.4. The van der Waals surface area contributed by atoms with Gasteiger partial charge in [-0.15, -0.1) is 0 Å². The van der Waals surface area contributed by atoms with Crippen molar-refractivity contribution in [2.24, 2.45) is 7.05 Å². The molecular weight excluding hydrogens is 210 g/mol. The van der Waals surface area contributed by atoms with Crippen LogP contribution >= 0.6 is 0 Å². The highest BCUT2D eigenvalue weighted by atomic mass is 15.1. The van der Waals surface area contributed by atoms with Crippen LogP contribution in [0.3, 0.4) is 0 Å². The number of aryl methyl sites for hydroxylation is 2. The van der Waals surface area contributed by atoms with Crippen molar-refractivity contribution in [3.8, 4) is 0 Å². The summed E-state index contributed by atoms with van der Waals surface area (Å²) in [5.74, 6) is 1.60. The Morgan fingerprint density at radius 2 is 2.18 bits per heavy atom. The van der Waals surface area contributed by atoms with Crippen LogP contribution in [-0.2, 0) is 7.05 Å². The minimum atomic E-state index is 0.437. The Morgan fingerprint density at radius 3 is 2.82 bits per heavy atom. The van der Waals surface area contributed by atoms with Crippen LogP contribution in [0.5, 0.6) is 0 Å². The van der Waals surface area contributed by atoms with E-state index in [4.69, 9.17) is 4.98 Å². The van der Waals surface area contributed by atoms with E-state index in [1.807, 2.05) is 0 Å². The molecule has 0 spiro atoms. The summed E-state index contributed by atoms with van der Waals surface area (Å²) in [4.78, 5) is 4.75. The first-order chi connectivity index (χ1) is 8.15. The van der Waals surface area contributed by atoms with Gasteiger partial charge in [0, 0.05) is 19.5 Å². The second kappa shape index (κ2) is 4.88. The molecular formula is C14H21N3. The number of hydrogen-bond acceptors (Lipinski definition) is 2. The average molecular weight is 231 g/mol. The van der Waals surface area contributed by atoms with Crippen LogP contribution < -0.4 is 5.32 Å². The number of benzene rings is 1. The fraction of sp³-hybridized carbons (Fsp3) is 0.500. The van der Waals surface area contributed by atoms with Gasteiger partial charge in [-0.05, 0) is 25.1 Å². The van der Waals surface area contributed by atoms with E-state index < -0.39 is 0 Å². The van der Waals surface area contributed by atoms with Gasteiger partial charge >= 0.3 is 0 Å². The topological polar surface area (TPSA) is 29.9 Å². The van der Waals surface area contributed by atoms with Crippen molar-refractivity contribution in [2.75, 3.05) is 13.1 Å². The summed E-state index contributed by atoms with van der Waals surface area (Å²) in [6.45, 7) is 8.48. The maximum atomic E-state index is 4.75. The summed E-state index contributed by atoms with van der Waals surface area (Å²) in [6, 6.07) is 6.30. The molecule has 1 aromatic carbocycles. The highest BCUT2D eigenvalue weighted by molar-refractivity contribution is 5.79. The Kier molecular flexibility index (Phi) is 3.48. The molecule has 0 aliphatic heterocycles. The molecule has 0 saturated carbocycles. The van der Waals surface area contributed by atoms with Gasteiger partial charge in [0.2, 0.25) is 0 Å². The van der Waals surface area contributed by atoms with E-state index in [0.717, 1.165) is 24.4 Å². The Hall–Kier alpha value is -1.35. The van der Waals surface area contributed by atoms with Gasteiger partial charge in [0.1, 0.15) is 5.82 Å². The third-order valence-corrected chi connectivity index (χ3v) is 3.27. The van der Waals surface area contributed by atoms with E-state index in [9.17, 15) is 0 Å². The first kappa shape index (κ1) is 12.1. The van der Waals surface area contributed by atoms with Gasteiger partial charge in [0.25, 0.3) is 0 Å². The van der Waals surface area contributed by atoms with Gasteiger partial charge in [-0.3, -0.25) is 0 Å². The molecule has 0 bridgehead atoms. The Labute approximate surface area is 103 Å². The molecule has 1 N–H and O–H groups in total. The quantitative estimate of drug-likeness (QED) is 0.876. The molecule has 0 fully saturated rings. The lowest BCUT2D eigenvalue weighted by Crippen LogP contribution is -2.21. The Morgan fingerprint density at radius 1 is 1.41 bits per heavy atom. The highest BCUT2D eigenvalue weighted by Crippen LogP contribution is 2.22. The lowest BCUT2D eigenvalue weighted by atomic mass is 10.1. The van der Waals surface area contributed by atoms with Gasteiger partial charge in [0.05, 0.1) is 11.0 Å². The summed E-state index contributed by atoms with van der Waals surface area (Å²) >= 11 is 0. The summed E-state index contributed by atoms with van der Waals surface area (Å²) in [5.41, 5.74) is 3.65. The summed E-state index contributed by atoms with van der Waals surface area (Å²) in [5, 5.41) is 3.38. The van der Waals surface area contributed by atoms with Gasteiger partial charge in [-0.1, -0.05) is 26.0 Å². The van der Waals surface area contributed by atoms with E-state index >= 15 is 0 Å². The number of hydrogen-bond donors (Lipinski definition) is 1. The highest BCUT2D eigenvalue weighted by Gasteiger charge is 2.14. The predicted octanol–water partition coefficient (Wildman–Crippen LogP) is 2.59. The molecule has 2 aromatic rings. The fourth-order valence-electron chi connectivity index (χ4n) is 2.38. The SMILES string of the molecule is CCNCC(C)c1nc2cccc(C)c2n1C. The molecule has 17 heavy (non-hydrogen) atoms. The van der Waals surface area contributed by atoms with Crippen molar-refractivity contribution in [2.45, 2.75) is 26.7 Å². The molecule has 1 atom stereocenters. The fourth-order valence-corrected chi connectivity index (χ4v) is 2.38. The molecule has 3 nitrogen and oxygen atoms in total. The van der Waals surface area contributed by atoms with Crippen LogP contribution in [0.25, 0.3) is 11.0 Å². The maximum absolute atomic E-state index is 4.75. The second-order valence-electron chi connectivity index (χ2n) is 4.68. The molecule has 0 radical (unpaired) electrons. The van der Waals surface area contributed by atoms with E-state index in [0.29, 0.717) is 5.92 Å². The molecule has 1 aromatic heterocycles. The monoisotopic (exact) mass is 231 g/mol. The van der Waals surface area contributed by atoms with Crippen LogP contribution in [0.1, 0.15) is 31.2 Å². The first-order valence-corrected chi connectivity index (χ1v) is 6.27. The van der Waals surface area contributed by atoms with E-state index in [-0.39, 0.29) is 0 Å². The number of nitrogens with one attached hydrogen (secondary N) is 1. The average Bonchev–Trinajstić information content (AvgIpc) is 2.65. The third-order valence-electron chi connectivity index (χ3n) is 3.27. The zero-order valence-electron chi connectivity index (χ0n) is 11.1. The molecule has 2 rings (SSSR count). The zero-order valence-corrected chi connectivity index (χ0v) is 11.1. The molecule has 0 amide bonds. The number of para-hydroxylation sites is 1. The first-order valence-electron chi connectivity index (χ1n) is 6.27. The van der Waals surface area contributed by atoms with Crippen molar-refractivity contribution in [3.05, 3.63) is 29.6 Å². The van der Waals surface area contributed by atoms with Crippen molar-refractivity contribution < 1.29 is 0 Å². The van der Waals surface area contributed by atoms with Crippen molar-refractivity contribution in [3.63, 3.8) is 0 Å². The van der Waals surface area contributed by atoms with Crippen molar-refractivity contribution in [1.82, 2.24) is 14.9 Å². The Bertz CT molecular complexity index is 513. The minimum absolute atomic E-state index is 0.437. The van der Waals surface area contributed by atoms with Gasteiger partial charge < -0.3 is 9.88 Å². The number of rotatable bonds is 4. The van der Waals surface area contributed by atoms with Gasteiger partial charge in [-0.2, -0.15) is 0 Å². The lowest BCUT2D eigenvalue weighted by Gasteiger charge is -2.12. The number of fused-ring (bicyclic) bond motifs is 1. The van der Waals surface area contributed by atoms with Crippen LogP contribution in [0.2, 0.25) is 0 Å². The molecule has 0 aliphatic rings. The van der Waals surface area contributed by atoms with Gasteiger partial charge in [-0.25, -0.2) is 4.98 Å². The standard InChI is InChI=1S/C14H21N3/c1-5-15-9-11(3)14-16-12-8-6-7-10(2)13(12)17(14)4/h6-8,11,15H,5,9H2,1-4H3.